The van der Waals surface area contributed by atoms with Gasteiger partial charge in [-0.25, -0.2) is 9.80 Å². The first-order valence-corrected chi connectivity index (χ1v) is 8.09. The molecule has 0 spiro atoms. The zero-order valence-corrected chi connectivity index (χ0v) is 13.1. The molecule has 0 aromatic rings. The Kier molecular flexibility index (Phi) is 9.01. The van der Waals surface area contributed by atoms with E-state index >= 15 is 0 Å². The number of esters is 1. The lowest BCUT2D eigenvalue weighted by Gasteiger charge is -2.17. The summed E-state index contributed by atoms with van der Waals surface area (Å²) in [5.74, 6) is 5.24. The van der Waals surface area contributed by atoms with E-state index in [1.807, 2.05) is 0 Å². The van der Waals surface area contributed by atoms with Crippen LogP contribution in [0.3, 0.4) is 0 Å². The zero-order valence-electron chi connectivity index (χ0n) is 13.1. The lowest BCUT2D eigenvalue weighted by Crippen LogP contribution is -2.46. The van der Waals surface area contributed by atoms with Crippen molar-refractivity contribution in [2.24, 2.45) is 5.84 Å². The molecule has 21 heavy (non-hydrogen) atoms. The van der Waals surface area contributed by atoms with Crippen molar-refractivity contribution in [3.8, 4) is 0 Å². The van der Waals surface area contributed by atoms with Crippen LogP contribution in [0.25, 0.3) is 0 Å². The number of hydrogen-bond acceptors (Lipinski definition) is 5. The molecule has 0 unspecified atom stereocenters. The summed E-state index contributed by atoms with van der Waals surface area (Å²) in [6, 6.07) is -0.496. The molecule has 6 nitrogen and oxygen atoms in total. The van der Waals surface area contributed by atoms with Gasteiger partial charge in [0.15, 0.2) is 0 Å². The highest BCUT2D eigenvalue weighted by atomic mass is 16.5. The summed E-state index contributed by atoms with van der Waals surface area (Å²) < 4.78 is 4.79. The molecule has 1 atom stereocenters. The third-order valence-corrected chi connectivity index (χ3v) is 3.67. The minimum atomic E-state index is -0.496. The van der Waals surface area contributed by atoms with Crippen molar-refractivity contribution < 1.29 is 14.3 Å². The maximum absolute atomic E-state index is 11.7. The Morgan fingerprint density at radius 3 is 2.57 bits per heavy atom. The molecule has 6 heteroatoms. The van der Waals surface area contributed by atoms with Gasteiger partial charge in [0.25, 0.3) is 0 Å². The van der Waals surface area contributed by atoms with Gasteiger partial charge in [-0.3, -0.25) is 10.6 Å². The molecule has 1 aliphatic heterocycles. The first-order chi connectivity index (χ1) is 10.1. The molecule has 0 aromatic carbocycles. The molecule has 1 saturated heterocycles. The number of cyclic esters (lactones) is 1. The Morgan fingerprint density at radius 2 is 1.95 bits per heavy atom. The van der Waals surface area contributed by atoms with Crippen molar-refractivity contribution in [3.63, 3.8) is 0 Å². The number of carbonyl (C=O) groups is 2. The van der Waals surface area contributed by atoms with Crippen LogP contribution in [-0.2, 0) is 14.3 Å². The van der Waals surface area contributed by atoms with Gasteiger partial charge in [-0.15, -0.1) is 0 Å². The van der Waals surface area contributed by atoms with E-state index in [4.69, 9.17) is 10.6 Å². The molecule has 0 bridgehead atoms. The predicted molar refractivity (Wildman–Crippen MR) is 81.3 cm³/mol. The van der Waals surface area contributed by atoms with E-state index in [0.29, 0.717) is 19.6 Å². The number of rotatable bonds is 11. The Labute approximate surface area is 127 Å². The fourth-order valence-corrected chi connectivity index (χ4v) is 2.40. The van der Waals surface area contributed by atoms with Gasteiger partial charge in [0, 0.05) is 13.0 Å². The standard InChI is InChI=1S/C15H29N3O3/c1-2-3-4-5-6-7-8-10-18(16)12-14(19)17-13-9-11-21-15(13)20/h13H,2-12,16H2,1H3,(H,17,19)/t13-/m0/s1. The van der Waals surface area contributed by atoms with Crippen LogP contribution in [0, 0.1) is 0 Å². The maximum Gasteiger partial charge on any atom is 0.328 e. The van der Waals surface area contributed by atoms with E-state index in [1.54, 1.807) is 0 Å². The minimum absolute atomic E-state index is 0.125. The van der Waals surface area contributed by atoms with Gasteiger partial charge >= 0.3 is 5.97 Å². The van der Waals surface area contributed by atoms with Crippen LogP contribution in [0.2, 0.25) is 0 Å². The second kappa shape index (κ2) is 10.6. The highest BCUT2D eigenvalue weighted by Crippen LogP contribution is 2.07. The fourth-order valence-electron chi connectivity index (χ4n) is 2.40. The number of unbranched alkanes of at least 4 members (excludes halogenated alkanes) is 6. The summed E-state index contributed by atoms with van der Waals surface area (Å²) in [6.07, 6.45) is 9.09. The predicted octanol–water partition coefficient (Wildman–Crippen LogP) is 1.34. The van der Waals surface area contributed by atoms with E-state index < -0.39 is 6.04 Å². The largest absolute Gasteiger partial charge is 0.464 e. The summed E-state index contributed by atoms with van der Waals surface area (Å²) >= 11 is 0. The third kappa shape index (κ3) is 8.02. The number of nitrogens with zero attached hydrogens (tertiary/aromatic N) is 1. The SMILES string of the molecule is CCCCCCCCCN(N)CC(=O)N[C@H]1CCOC1=O. The van der Waals surface area contributed by atoms with Crippen molar-refractivity contribution in [2.75, 3.05) is 19.7 Å². The van der Waals surface area contributed by atoms with Crippen molar-refractivity contribution in [1.29, 1.82) is 0 Å². The van der Waals surface area contributed by atoms with Gasteiger partial charge in [0.1, 0.15) is 6.04 Å². The number of hydrogen-bond donors (Lipinski definition) is 2. The summed E-state index contributed by atoms with van der Waals surface area (Å²) in [5, 5.41) is 4.16. The fraction of sp³-hybridized carbons (Fsp3) is 0.867. The van der Waals surface area contributed by atoms with E-state index in [2.05, 4.69) is 12.2 Å². The molecule has 0 saturated carbocycles. The number of nitrogens with two attached hydrogens (primary N) is 1. The van der Waals surface area contributed by atoms with Crippen LogP contribution in [0.1, 0.15) is 58.3 Å². The average Bonchev–Trinajstić information content (AvgIpc) is 2.83. The van der Waals surface area contributed by atoms with Crippen LogP contribution >= 0.6 is 0 Å². The average molecular weight is 299 g/mol. The smallest absolute Gasteiger partial charge is 0.328 e. The van der Waals surface area contributed by atoms with Crippen LogP contribution < -0.4 is 11.2 Å². The number of hydrazine groups is 1. The summed E-state index contributed by atoms with van der Waals surface area (Å²) in [5.41, 5.74) is 0. The molecule has 0 aliphatic carbocycles. The Morgan fingerprint density at radius 1 is 1.29 bits per heavy atom. The lowest BCUT2D eigenvalue weighted by atomic mass is 10.1. The van der Waals surface area contributed by atoms with E-state index in [9.17, 15) is 9.59 Å². The topological polar surface area (TPSA) is 84.7 Å². The molecule has 0 radical (unpaired) electrons. The van der Waals surface area contributed by atoms with Gasteiger partial charge in [-0.2, -0.15) is 0 Å². The van der Waals surface area contributed by atoms with Crippen molar-refractivity contribution in [1.82, 2.24) is 10.3 Å². The number of amides is 1. The van der Waals surface area contributed by atoms with Gasteiger partial charge in [0.2, 0.25) is 5.91 Å². The van der Waals surface area contributed by atoms with Gasteiger partial charge in [-0.1, -0.05) is 45.4 Å². The zero-order chi connectivity index (χ0) is 15.5. The molecule has 1 heterocycles. The highest BCUT2D eigenvalue weighted by Gasteiger charge is 2.27. The van der Waals surface area contributed by atoms with Crippen molar-refractivity contribution in [2.45, 2.75) is 64.3 Å². The molecule has 1 rings (SSSR count). The molecular formula is C15H29N3O3. The van der Waals surface area contributed by atoms with Gasteiger partial charge < -0.3 is 10.1 Å². The Hall–Kier alpha value is -1.14. The van der Waals surface area contributed by atoms with Gasteiger partial charge in [-0.05, 0) is 6.42 Å². The quantitative estimate of drug-likeness (QED) is 0.260. The molecule has 1 aliphatic rings. The third-order valence-electron chi connectivity index (χ3n) is 3.67. The minimum Gasteiger partial charge on any atom is -0.464 e. The second-order valence-corrected chi connectivity index (χ2v) is 5.67. The Balaban J connectivity index is 2.00. The first kappa shape index (κ1) is 17.9. The molecule has 0 aromatic heterocycles. The number of carbonyl (C=O) groups excluding carboxylic acids is 2. The summed E-state index contributed by atoms with van der Waals surface area (Å²) in [4.78, 5) is 23.0. The highest BCUT2D eigenvalue weighted by molar-refractivity contribution is 5.86. The van der Waals surface area contributed by atoms with Crippen LogP contribution in [0.5, 0.6) is 0 Å². The normalized spacial score (nSPS) is 18.0. The summed E-state index contributed by atoms with van der Waals surface area (Å²) in [6.45, 7) is 3.42. The van der Waals surface area contributed by atoms with Crippen LogP contribution in [0.4, 0.5) is 0 Å². The van der Waals surface area contributed by atoms with Gasteiger partial charge in [0.05, 0.1) is 13.2 Å². The second-order valence-electron chi connectivity index (χ2n) is 5.67. The molecule has 122 valence electrons. The van der Waals surface area contributed by atoms with Crippen molar-refractivity contribution >= 4 is 11.9 Å². The Bertz CT molecular complexity index is 323. The van der Waals surface area contributed by atoms with E-state index in [0.717, 1.165) is 12.8 Å². The van der Waals surface area contributed by atoms with Crippen LogP contribution in [-0.4, -0.2) is 42.6 Å². The maximum atomic E-state index is 11.7. The van der Waals surface area contributed by atoms with Crippen LogP contribution in [0.15, 0.2) is 0 Å². The van der Waals surface area contributed by atoms with E-state index in [-0.39, 0.29) is 18.4 Å². The molecular weight excluding hydrogens is 270 g/mol. The molecule has 1 fully saturated rings. The van der Waals surface area contributed by atoms with Crippen molar-refractivity contribution in [3.05, 3.63) is 0 Å². The van der Waals surface area contributed by atoms with E-state index in [1.165, 1.54) is 37.1 Å². The summed E-state index contributed by atoms with van der Waals surface area (Å²) in [7, 11) is 0. The first-order valence-electron chi connectivity index (χ1n) is 8.09. The lowest BCUT2D eigenvalue weighted by molar-refractivity contribution is -0.141. The molecule has 1 amide bonds. The number of nitrogens with one attached hydrogen (secondary N) is 1. The monoisotopic (exact) mass is 299 g/mol. The molecule has 3 N–H and O–H groups in total. The number of ether oxygens (including phenoxy) is 1.